The van der Waals surface area contributed by atoms with Crippen molar-refractivity contribution in [1.29, 1.82) is 0 Å². The lowest BCUT2D eigenvalue weighted by molar-refractivity contribution is 0.0695. The van der Waals surface area contributed by atoms with Crippen LogP contribution in [-0.4, -0.2) is 32.5 Å². The lowest BCUT2D eigenvalue weighted by Crippen LogP contribution is -2.24. The fourth-order valence-electron chi connectivity index (χ4n) is 3.29. The fourth-order valence-corrected chi connectivity index (χ4v) is 3.59. The van der Waals surface area contributed by atoms with Crippen molar-refractivity contribution < 1.29 is 14.6 Å². The molecule has 2 heterocycles. The maximum atomic E-state index is 12.7. The highest BCUT2D eigenvalue weighted by Gasteiger charge is 2.23. The van der Waals surface area contributed by atoms with Crippen molar-refractivity contribution in [2.24, 2.45) is 0 Å². The van der Waals surface area contributed by atoms with Crippen LogP contribution in [0.25, 0.3) is 11.3 Å². The Hall–Kier alpha value is -2.77. The number of aromatic carboxylic acids is 1. The average molecular weight is 436 g/mol. The molecule has 0 radical (unpaired) electrons. The highest BCUT2D eigenvalue weighted by molar-refractivity contribution is 6.42. The Kier molecular flexibility index (Phi) is 6.00. The molecule has 0 saturated heterocycles. The van der Waals surface area contributed by atoms with Crippen LogP contribution in [-0.2, 0) is 13.1 Å². The molecule has 0 spiro atoms. The van der Waals surface area contributed by atoms with Gasteiger partial charge in [0.1, 0.15) is 5.56 Å². The molecular formula is C20H19Cl2N3O4. The first kappa shape index (κ1) is 21.0. The van der Waals surface area contributed by atoms with E-state index in [0.29, 0.717) is 28.7 Å². The van der Waals surface area contributed by atoms with Crippen LogP contribution < -0.4 is 10.2 Å². The maximum absolute atomic E-state index is 12.7. The molecule has 0 bridgehead atoms. The fraction of sp³-hybridized carbons (Fsp3) is 0.250. The number of carboxylic acids is 1. The van der Waals surface area contributed by atoms with E-state index in [9.17, 15) is 14.7 Å². The predicted molar refractivity (Wildman–Crippen MR) is 111 cm³/mol. The van der Waals surface area contributed by atoms with Gasteiger partial charge in [0.05, 0.1) is 35.1 Å². The number of benzene rings is 1. The van der Waals surface area contributed by atoms with Gasteiger partial charge in [0.15, 0.2) is 5.43 Å². The molecule has 0 fully saturated rings. The first-order chi connectivity index (χ1) is 13.8. The minimum absolute atomic E-state index is 0.230. The van der Waals surface area contributed by atoms with Crippen molar-refractivity contribution in [3.05, 3.63) is 67.6 Å². The van der Waals surface area contributed by atoms with Gasteiger partial charge in [-0.2, -0.15) is 5.10 Å². The van der Waals surface area contributed by atoms with Crippen LogP contribution in [0.5, 0.6) is 5.88 Å². The molecule has 0 aliphatic heterocycles. The molecule has 0 saturated carbocycles. The van der Waals surface area contributed by atoms with Crippen LogP contribution in [0.1, 0.15) is 28.7 Å². The monoisotopic (exact) mass is 435 g/mol. The Morgan fingerprint density at radius 3 is 2.52 bits per heavy atom. The number of ether oxygens (including phenoxy) is 1. The molecule has 0 amide bonds. The molecule has 0 aliphatic carbocycles. The van der Waals surface area contributed by atoms with Crippen LogP contribution in [0.15, 0.2) is 35.1 Å². The zero-order valence-electron chi connectivity index (χ0n) is 16.1. The molecule has 7 nitrogen and oxygen atoms in total. The third kappa shape index (κ3) is 4.02. The molecule has 1 N–H and O–H groups in total. The van der Waals surface area contributed by atoms with Gasteiger partial charge >= 0.3 is 5.97 Å². The van der Waals surface area contributed by atoms with Gasteiger partial charge < -0.3 is 14.4 Å². The summed E-state index contributed by atoms with van der Waals surface area (Å²) in [5, 5.41) is 14.7. The van der Waals surface area contributed by atoms with Crippen molar-refractivity contribution in [3.63, 3.8) is 0 Å². The van der Waals surface area contributed by atoms with Crippen LogP contribution >= 0.6 is 23.2 Å². The van der Waals surface area contributed by atoms with Gasteiger partial charge in [-0.25, -0.2) is 9.48 Å². The number of carbonyl (C=O) groups is 1. The number of rotatable bonds is 6. The smallest absolute Gasteiger partial charge is 0.341 e. The molecule has 9 heteroatoms. The van der Waals surface area contributed by atoms with Crippen LogP contribution in [0.4, 0.5) is 0 Å². The second kappa shape index (κ2) is 8.31. The number of halogens is 2. The van der Waals surface area contributed by atoms with E-state index in [4.69, 9.17) is 27.9 Å². The first-order valence-electron chi connectivity index (χ1n) is 8.80. The SMILES string of the molecule is CCn1c(Cn2nc(C)cc2OC)cc(=O)c(C(=O)O)c1-c1ccc(Cl)c(Cl)c1. The van der Waals surface area contributed by atoms with Crippen molar-refractivity contribution in [3.8, 4) is 17.1 Å². The summed E-state index contributed by atoms with van der Waals surface area (Å²) in [4.78, 5) is 24.6. The molecular weight excluding hydrogens is 417 g/mol. The van der Waals surface area contributed by atoms with E-state index in [0.717, 1.165) is 5.69 Å². The number of hydrogen-bond acceptors (Lipinski definition) is 4. The summed E-state index contributed by atoms with van der Waals surface area (Å²) in [5.74, 6) is -0.770. The summed E-state index contributed by atoms with van der Waals surface area (Å²) in [6, 6.07) is 7.87. The van der Waals surface area contributed by atoms with Crippen molar-refractivity contribution >= 4 is 29.2 Å². The van der Waals surface area contributed by atoms with Crippen molar-refractivity contribution in [1.82, 2.24) is 14.3 Å². The van der Waals surface area contributed by atoms with Gasteiger partial charge in [0, 0.05) is 29.9 Å². The van der Waals surface area contributed by atoms with Gasteiger partial charge in [-0.3, -0.25) is 4.79 Å². The summed E-state index contributed by atoms with van der Waals surface area (Å²) in [6.45, 7) is 4.36. The maximum Gasteiger partial charge on any atom is 0.341 e. The van der Waals surface area contributed by atoms with E-state index in [1.54, 1.807) is 33.5 Å². The van der Waals surface area contributed by atoms with E-state index >= 15 is 0 Å². The molecule has 0 unspecified atom stereocenters. The van der Waals surface area contributed by atoms with E-state index < -0.39 is 11.4 Å². The van der Waals surface area contributed by atoms with E-state index in [1.165, 1.54) is 13.2 Å². The second-order valence-electron chi connectivity index (χ2n) is 6.39. The van der Waals surface area contributed by atoms with Crippen molar-refractivity contribution in [2.75, 3.05) is 7.11 Å². The number of hydrogen-bond donors (Lipinski definition) is 1. The molecule has 0 aliphatic rings. The highest BCUT2D eigenvalue weighted by atomic mass is 35.5. The molecule has 0 atom stereocenters. The number of carboxylic acid groups (broad SMARTS) is 1. The van der Waals surface area contributed by atoms with Gasteiger partial charge in [-0.05, 0) is 26.0 Å². The second-order valence-corrected chi connectivity index (χ2v) is 7.20. The molecule has 3 aromatic rings. The normalized spacial score (nSPS) is 10.9. The average Bonchev–Trinajstić information content (AvgIpc) is 3.02. The number of aromatic nitrogens is 3. The Morgan fingerprint density at radius 1 is 1.21 bits per heavy atom. The molecule has 152 valence electrons. The molecule has 29 heavy (non-hydrogen) atoms. The van der Waals surface area contributed by atoms with E-state index in [-0.39, 0.29) is 22.8 Å². The predicted octanol–water partition coefficient (Wildman–Crippen LogP) is 4.10. The van der Waals surface area contributed by atoms with Gasteiger partial charge in [-0.15, -0.1) is 0 Å². The zero-order valence-corrected chi connectivity index (χ0v) is 17.6. The zero-order chi connectivity index (χ0) is 21.3. The molecule has 3 rings (SSSR count). The number of nitrogens with zero attached hydrogens (tertiary/aromatic N) is 3. The number of methoxy groups -OCH3 is 1. The largest absolute Gasteiger partial charge is 0.481 e. The summed E-state index contributed by atoms with van der Waals surface area (Å²) < 4.78 is 8.72. The summed E-state index contributed by atoms with van der Waals surface area (Å²) in [6.07, 6.45) is 0. The Morgan fingerprint density at radius 2 is 1.93 bits per heavy atom. The number of aryl methyl sites for hydroxylation is 1. The van der Waals surface area contributed by atoms with Gasteiger partial charge in [-0.1, -0.05) is 29.3 Å². The Balaban J connectivity index is 2.29. The van der Waals surface area contributed by atoms with Crippen LogP contribution in [0.2, 0.25) is 10.0 Å². The molecule has 1 aromatic carbocycles. The lowest BCUT2D eigenvalue weighted by Gasteiger charge is -2.20. The standard InChI is InChI=1S/C20H19Cl2N3O4/c1-4-24-13(10-25-17(29-3)7-11(2)23-25)9-16(26)18(20(27)28)19(24)12-5-6-14(21)15(22)8-12/h5-9H,4,10H2,1-3H3,(H,27,28). The first-order valence-corrected chi connectivity index (χ1v) is 9.56. The summed E-state index contributed by atoms with van der Waals surface area (Å²) >= 11 is 12.2. The van der Waals surface area contributed by atoms with E-state index in [1.807, 2.05) is 13.8 Å². The van der Waals surface area contributed by atoms with Crippen LogP contribution in [0, 0.1) is 6.92 Å². The number of pyridine rings is 1. The van der Waals surface area contributed by atoms with Gasteiger partial charge in [0.25, 0.3) is 0 Å². The molecule has 2 aromatic heterocycles. The summed E-state index contributed by atoms with van der Waals surface area (Å²) in [5.41, 5.74) is 1.19. The van der Waals surface area contributed by atoms with Crippen LogP contribution in [0.3, 0.4) is 0 Å². The van der Waals surface area contributed by atoms with Gasteiger partial charge in [0.2, 0.25) is 5.88 Å². The highest BCUT2D eigenvalue weighted by Crippen LogP contribution is 2.31. The minimum atomic E-state index is -1.31. The summed E-state index contributed by atoms with van der Waals surface area (Å²) in [7, 11) is 1.54. The third-order valence-corrected chi connectivity index (χ3v) is 5.25. The lowest BCUT2D eigenvalue weighted by atomic mass is 10.0. The Bertz CT molecular complexity index is 1150. The Labute approximate surface area is 177 Å². The topological polar surface area (TPSA) is 86.4 Å². The third-order valence-electron chi connectivity index (χ3n) is 4.51. The van der Waals surface area contributed by atoms with Crippen molar-refractivity contribution in [2.45, 2.75) is 26.9 Å². The minimum Gasteiger partial charge on any atom is -0.481 e. The van der Waals surface area contributed by atoms with E-state index in [2.05, 4.69) is 5.10 Å². The quantitative estimate of drug-likeness (QED) is 0.629.